The van der Waals surface area contributed by atoms with Crippen molar-refractivity contribution >= 4 is 19.0 Å². The van der Waals surface area contributed by atoms with E-state index in [1.807, 2.05) is 0 Å². The zero-order chi connectivity index (χ0) is 16.8. The lowest BCUT2D eigenvalue weighted by molar-refractivity contribution is -0.384. The van der Waals surface area contributed by atoms with Gasteiger partial charge in [-0.15, -0.1) is 0 Å². The highest BCUT2D eigenvalue weighted by Crippen LogP contribution is 2.61. The Bertz CT molecular complexity index is 635. The number of hydrogen-bond donors (Lipinski definition) is 1. The third kappa shape index (κ3) is 4.03. The Hall–Kier alpha value is -1.96. The van der Waals surface area contributed by atoms with Crippen LogP contribution in [0, 0.1) is 10.1 Å². The molecular formula is C11H15N4O6P. The van der Waals surface area contributed by atoms with Gasteiger partial charge in [-0.05, 0) is 25.4 Å². The van der Waals surface area contributed by atoms with Crippen LogP contribution < -0.4 is 0 Å². The molecule has 0 heterocycles. The van der Waals surface area contributed by atoms with Crippen LogP contribution in [0.5, 0.6) is 0 Å². The first kappa shape index (κ1) is 18.1. The summed E-state index contributed by atoms with van der Waals surface area (Å²) in [4.78, 5) is 12.7. The molecule has 22 heavy (non-hydrogen) atoms. The lowest BCUT2D eigenvalue weighted by Gasteiger charge is -2.23. The largest absolute Gasteiger partial charge is 0.376 e. The molecule has 10 nitrogen and oxygen atoms in total. The van der Waals surface area contributed by atoms with Gasteiger partial charge >= 0.3 is 7.60 Å². The maximum absolute atomic E-state index is 12.6. The summed E-state index contributed by atoms with van der Waals surface area (Å²) in [5.41, 5.74) is 7.88. The van der Waals surface area contributed by atoms with Gasteiger partial charge in [0.25, 0.3) is 5.69 Å². The molecule has 0 aromatic heterocycles. The van der Waals surface area contributed by atoms with Crippen molar-refractivity contribution in [3.05, 3.63) is 44.3 Å². The Kier molecular flexibility index (Phi) is 6.48. The lowest BCUT2D eigenvalue weighted by Crippen LogP contribution is -2.07. The molecule has 1 atom stereocenters. The second-order valence-corrected chi connectivity index (χ2v) is 6.02. The molecule has 1 aromatic carbocycles. The molecule has 0 spiro atoms. The van der Waals surface area contributed by atoms with E-state index >= 15 is 0 Å². The molecule has 1 rings (SSSR count). The molecule has 1 aromatic rings. The molecule has 120 valence electrons. The zero-order valence-electron chi connectivity index (χ0n) is 11.9. The predicted molar refractivity (Wildman–Crippen MR) is 77.7 cm³/mol. The summed E-state index contributed by atoms with van der Waals surface area (Å²) in [6.45, 7) is 3.11. The SMILES string of the molecule is CCOP(=O)(OCC)C(O)c1cc([N+](=O)[O-])ccc1N=[N+]=[N-]. The fourth-order valence-corrected chi connectivity index (χ4v) is 3.33. The second-order valence-electron chi connectivity index (χ2n) is 3.94. The number of aliphatic hydroxyl groups excluding tert-OH is 1. The molecule has 0 aliphatic rings. The molecule has 0 saturated carbocycles. The molecule has 0 aliphatic heterocycles. The van der Waals surface area contributed by atoms with Crippen LogP contribution in [0.4, 0.5) is 11.4 Å². The molecule has 0 amide bonds. The number of aliphatic hydroxyl groups is 1. The van der Waals surface area contributed by atoms with Crippen LogP contribution in [0.25, 0.3) is 10.4 Å². The zero-order valence-corrected chi connectivity index (χ0v) is 12.8. The van der Waals surface area contributed by atoms with Crippen LogP contribution in [0.2, 0.25) is 0 Å². The fourth-order valence-electron chi connectivity index (χ4n) is 1.71. The third-order valence-corrected chi connectivity index (χ3v) is 4.68. The quantitative estimate of drug-likeness (QED) is 0.191. The van der Waals surface area contributed by atoms with Crippen molar-refractivity contribution in [1.82, 2.24) is 0 Å². The summed E-state index contributed by atoms with van der Waals surface area (Å²) in [6, 6.07) is 3.23. The number of azide groups is 1. The first-order valence-electron chi connectivity index (χ1n) is 6.29. The highest BCUT2D eigenvalue weighted by atomic mass is 31.2. The van der Waals surface area contributed by atoms with Crippen molar-refractivity contribution in [2.24, 2.45) is 5.11 Å². The Morgan fingerprint density at radius 2 is 2.05 bits per heavy atom. The molecular weight excluding hydrogens is 315 g/mol. The molecule has 1 unspecified atom stereocenters. The van der Waals surface area contributed by atoms with Crippen molar-refractivity contribution in [2.45, 2.75) is 19.7 Å². The van der Waals surface area contributed by atoms with Crippen LogP contribution in [0.3, 0.4) is 0 Å². The Labute approximate surface area is 126 Å². The van der Waals surface area contributed by atoms with Gasteiger partial charge in [0.05, 0.1) is 18.1 Å². The maximum Gasteiger partial charge on any atom is 0.363 e. The number of hydrogen-bond acceptors (Lipinski definition) is 7. The summed E-state index contributed by atoms with van der Waals surface area (Å²) in [7, 11) is -3.98. The average molecular weight is 330 g/mol. The normalized spacial score (nSPS) is 12.5. The topological polar surface area (TPSA) is 148 Å². The summed E-state index contributed by atoms with van der Waals surface area (Å²) in [6.07, 6.45) is 0. The monoisotopic (exact) mass is 330 g/mol. The molecule has 0 aliphatic carbocycles. The van der Waals surface area contributed by atoms with Crippen molar-refractivity contribution in [1.29, 1.82) is 0 Å². The van der Waals surface area contributed by atoms with Gasteiger partial charge in [-0.25, -0.2) is 0 Å². The van der Waals surface area contributed by atoms with Gasteiger partial charge < -0.3 is 14.2 Å². The Morgan fingerprint density at radius 1 is 1.45 bits per heavy atom. The Balaban J connectivity index is 3.42. The third-order valence-electron chi connectivity index (χ3n) is 2.57. The van der Waals surface area contributed by atoms with E-state index in [1.54, 1.807) is 13.8 Å². The number of nitro benzene ring substituents is 1. The van der Waals surface area contributed by atoms with Crippen LogP contribution in [0.1, 0.15) is 25.3 Å². The molecule has 1 N–H and O–H groups in total. The number of non-ortho nitro benzene ring substituents is 1. The van der Waals surface area contributed by atoms with E-state index in [4.69, 9.17) is 14.6 Å². The van der Waals surface area contributed by atoms with Crippen molar-refractivity contribution in [3.63, 3.8) is 0 Å². The van der Waals surface area contributed by atoms with Gasteiger partial charge in [0.1, 0.15) is 0 Å². The number of nitro groups is 1. The molecule has 0 saturated heterocycles. The Morgan fingerprint density at radius 3 is 2.50 bits per heavy atom. The highest BCUT2D eigenvalue weighted by Gasteiger charge is 2.37. The van der Waals surface area contributed by atoms with Crippen LogP contribution >= 0.6 is 7.60 Å². The summed E-state index contributed by atoms with van der Waals surface area (Å²) < 4.78 is 22.5. The standard InChI is InChI=1S/C11H15N4O6P/c1-3-20-22(19,21-4-2)11(16)9-7-8(15(17)18)5-6-10(9)13-14-12/h5-7,11,16H,3-4H2,1-2H3. The molecule has 0 bridgehead atoms. The molecule has 0 fully saturated rings. The smallest absolute Gasteiger partial charge is 0.363 e. The number of nitrogens with zero attached hydrogens (tertiary/aromatic N) is 4. The van der Waals surface area contributed by atoms with E-state index < -0.39 is 18.4 Å². The van der Waals surface area contributed by atoms with E-state index in [1.165, 1.54) is 0 Å². The second kappa shape index (κ2) is 7.88. The van der Waals surface area contributed by atoms with Crippen molar-refractivity contribution in [3.8, 4) is 0 Å². The summed E-state index contributed by atoms with van der Waals surface area (Å²) in [5.74, 6) is -1.81. The highest BCUT2D eigenvalue weighted by molar-refractivity contribution is 7.54. The van der Waals surface area contributed by atoms with E-state index in [9.17, 15) is 19.8 Å². The van der Waals surface area contributed by atoms with Gasteiger partial charge in [0, 0.05) is 28.3 Å². The maximum atomic E-state index is 12.6. The van der Waals surface area contributed by atoms with E-state index in [-0.39, 0.29) is 30.2 Å². The fraction of sp³-hybridized carbons (Fsp3) is 0.455. The van der Waals surface area contributed by atoms with Crippen LogP contribution in [0.15, 0.2) is 23.3 Å². The van der Waals surface area contributed by atoms with Crippen molar-refractivity contribution < 1.29 is 23.6 Å². The van der Waals surface area contributed by atoms with Gasteiger partial charge in [-0.2, -0.15) is 0 Å². The summed E-state index contributed by atoms with van der Waals surface area (Å²) >= 11 is 0. The van der Waals surface area contributed by atoms with Gasteiger partial charge in [-0.1, -0.05) is 5.11 Å². The van der Waals surface area contributed by atoms with Crippen molar-refractivity contribution in [2.75, 3.05) is 13.2 Å². The van der Waals surface area contributed by atoms with Gasteiger partial charge in [-0.3, -0.25) is 14.7 Å². The van der Waals surface area contributed by atoms with E-state index in [2.05, 4.69) is 10.0 Å². The molecule has 11 heteroatoms. The minimum atomic E-state index is -3.98. The average Bonchev–Trinajstić information content (AvgIpc) is 2.47. The van der Waals surface area contributed by atoms with Gasteiger partial charge in [0.2, 0.25) is 0 Å². The van der Waals surface area contributed by atoms with Crippen LogP contribution in [-0.4, -0.2) is 23.2 Å². The first-order chi connectivity index (χ1) is 10.4. The molecule has 0 radical (unpaired) electrons. The van der Waals surface area contributed by atoms with Gasteiger partial charge in [0.15, 0.2) is 5.85 Å². The minimum Gasteiger partial charge on any atom is -0.376 e. The number of benzene rings is 1. The lowest BCUT2D eigenvalue weighted by atomic mass is 10.1. The van der Waals surface area contributed by atoms with Crippen LogP contribution in [-0.2, 0) is 13.6 Å². The first-order valence-corrected chi connectivity index (χ1v) is 7.91. The predicted octanol–water partition coefficient (Wildman–Crippen LogP) is 3.79. The van der Waals surface area contributed by atoms with E-state index in [0.29, 0.717) is 0 Å². The minimum absolute atomic E-state index is 0.000115. The number of rotatable bonds is 8. The summed E-state index contributed by atoms with van der Waals surface area (Å²) in [5, 5.41) is 24.5. The van der Waals surface area contributed by atoms with E-state index in [0.717, 1.165) is 18.2 Å².